The molecule has 0 saturated carbocycles. The summed E-state index contributed by atoms with van der Waals surface area (Å²) in [5, 5.41) is 2.82. The van der Waals surface area contributed by atoms with E-state index in [2.05, 4.69) is 5.32 Å². The number of hydrogen-bond donors (Lipinski definition) is 1. The average Bonchev–Trinajstić information content (AvgIpc) is 2.70. The number of aryl methyl sites for hydroxylation is 1. The molecule has 2 amide bonds. The Morgan fingerprint density at radius 1 is 1.03 bits per heavy atom. The van der Waals surface area contributed by atoms with E-state index in [1.165, 1.54) is 4.90 Å². The van der Waals surface area contributed by atoms with Crippen LogP contribution < -0.4 is 10.1 Å². The molecular formula is C23H31N3O3. The van der Waals surface area contributed by atoms with Crippen molar-refractivity contribution in [3.05, 3.63) is 59.7 Å². The van der Waals surface area contributed by atoms with Gasteiger partial charge in [0, 0.05) is 19.3 Å². The van der Waals surface area contributed by atoms with Crippen molar-refractivity contribution in [2.24, 2.45) is 0 Å². The normalized spacial score (nSPS) is 11.8. The second-order valence-electron chi connectivity index (χ2n) is 7.28. The summed E-state index contributed by atoms with van der Waals surface area (Å²) in [6.45, 7) is 7.06. The number of amides is 2. The largest absolute Gasteiger partial charge is 0.494 e. The molecular weight excluding hydrogens is 366 g/mol. The molecule has 1 atom stereocenters. The van der Waals surface area contributed by atoms with Gasteiger partial charge >= 0.3 is 0 Å². The maximum absolute atomic E-state index is 12.7. The van der Waals surface area contributed by atoms with E-state index in [1.807, 2.05) is 81.2 Å². The van der Waals surface area contributed by atoms with Crippen LogP contribution in [0, 0.1) is 6.92 Å². The molecule has 6 nitrogen and oxygen atoms in total. The van der Waals surface area contributed by atoms with E-state index in [4.69, 9.17) is 4.74 Å². The van der Waals surface area contributed by atoms with Crippen LogP contribution in [0.25, 0.3) is 0 Å². The van der Waals surface area contributed by atoms with Gasteiger partial charge in [-0.1, -0.05) is 29.8 Å². The van der Waals surface area contributed by atoms with E-state index < -0.39 is 0 Å². The Labute approximate surface area is 173 Å². The van der Waals surface area contributed by atoms with E-state index in [1.54, 1.807) is 7.05 Å². The van der Waals surface area contributed by atoms with Crippen LogP contribution in [-0.4, -0.2) is 54.9 Å². The molecule has 29 heavy (non-hydrogen) atoms. The lowest BCUT2D eigenvalue weighted by Crippen LogP contribution is -2.46. The van der Waals surface area contributed by atoms with Gasteiger partial charge in [0.2, 0.25) is 11.8 Å². The summed E-state index contributed by atoms with van der Waals surface area (Å²) in [7, 11) is 3.55. The molecule has 0 fully saturated rings. The molecule has 0 aliphatic carbocycles. The summed E-state index contributed by atoms with van der Waals surface area (Å²) in [5.41, 5.74) is 2.94. The molecule has 0 aromatic heterocycles. The lowest BCUT2D eigenvalue weighted by molar-refractivity contribution is -0.137. The second-order valence-corrected chi connectivity index (χ2v) is 7.28. The number of nitrogens with zero attached hydrogens (tertiary/aromatic N) is 2. The van der Waals surface area contributed by atoms with Crippen LogP contribution in [0.1, 0.15) is 25.0 Å². The molecule has 2 aromatic rings. The second kappa shape index (κ2) is 10.6. The molecule has 0 bridgehead atoms. The first kappa shape index (κ1) is 22.4. The number of rotatable bonds is 9. The zero-order valence-corrected chi connectivity index (χ0v) is 17.9. The zero-order chi connectivity index (χ0) is 21.4. The number of likely N-dealkylation sites (N-methyl/N-ethyl adjacent to an activating group) is 2. The maximum Gasteiger partial charge on any atom is 0.243 e. The third-order valence-corrected chi connectivity index (χ3v) is 4.78. The van der Waals surface area contributed by atoms with Crippen molar-refractivity contribution in [2.45, 2.75) is 33.4 Å². The van der Waals surface area contributed by atoms with Gasteiger partial charge in [0.1, 0.15) is 5.75 Å². The Balaban J connectivity index is 1.86. The van der Waals surface area contributed by atoms with Crippen molar-refractivity contribution in [3.63, 3.8) is 0 Å². The SMILES string of the molecule is CCOc1ccc(CN(C)[C@H](C)C(=O)N(C)CC(=O)Nc2ccc(C)cc2)cc1. The van der Waals surface area contributed by atoms with Gasteiger partial charge in [-0.3, -0.25) is 14.5 Å². The molecule has 156 valence electrons. The molecule has 6 heteroatoms. The summed E-state index contributed by atoms with van der Waals surface area (Å²) < 4.78 is 5.46. The van der Waals surface area contributed by atoms with Crippen LogP contribution in [0.15, 0.2) is 48.5 Å². The molecule has 2 aromatic carbocycles. The van der Waals surface area contributed by atoms with Gasteiger partial charge in [-0.15, -0.1) is 0 Å². The number of hydrogen-bond acceptors (Lipinski definition) is 4. The van der Waals surface area contributed by atoms with E-state index in [0.29, 0.717) is 13.2 Å². The molecule has 1 N–H and O–H groups in total. The van der Waals surface area contributed by atoms with Crippen molar-refractivity contribution < 1.29 is 14.3 Å². The number of ether oxygens (including phenoxy) is 1. The van der Waals surface area contributed by atoms with Crippen molar-refractivity contribution in [2.75, 3.05) is 32.6 Å². The van der Waals surface area contributed by atoms with Crippen LogP contribution in [0.3, 0.4) is 0 Å². The highest BCUT2D eigenvalue weighted by Crippen LogP contribution is 2.15. The van der Waals surface area contributed by atoms with E-state index in [0.717, 1.165) is 22.6 Å². The molecule has 0 spiro atoms. The molecule has 2 rings (SSSR count). The highest BCUT2D eigenvalue weighted by atomic mass is 16.5. The summed E-state index contributed by atoms with van der Waals surface area (Å²) >= 11 is 0. The fourth-order valence-electron chi connectivity index (χ4n) is 2.92. The molecule has 0 saturated heterocycles. The number of carbonyl (C=O) groups is 2. The highest BCUT2D eigenvalue weighted by Gasteiger charge is 2.23. The van der Waals surface area contributed by atoms with Crippen LogP contribution in [-0.2, 0) is 16.1 Å². The van der Waals surface area contributed by atoms with Crippen molar-refractivity contribution >= 4 is 17.5 Å². The summed E-state index contributed by atoms with van der Waals surface area (Å²) in [6, 6.07) is 15.1. The third kappa shape index (κ3) is 6.91. The smallest absolute Gasteiger partial charge is 0.243 e. The predicted molar refractivity (Wildman–Crippen MR) is 116 cm³/mol. The van der Waals surface area contributed by atoms with Gasteiger partial charge < -0.3 is 15.0 Å². The topological polar surface area (TPSA) is 61.9 Å². The number of anilines is 1. The quantitative estimate of drug-likeness (QED) is 0.705. The molecule has 0 heterocycles. The Kier molecular flexibility index (Phi) is 8.21. The van der Waals surface area contributed by atoms with Crippen LogP contribution >= 0.6 is 0 Å². The standard InChI is InChI=1S/C23H31N3O3/c1-6-29-21-13-9-19(10-14-21)15-25(4)18(3)23(28)26(5)16-22(27)24-20-11-7-17(2)8-12-20/h7-14,18H,6,15-16H2,1-5H3,(H,24,27)/t18-/m1/s1. The molecule has 0 radical (unpaired) electrons. The minimum Gasteiger partial charge on any atom is -0.494 e. The van der Waals surface area contributed by atoms with Gasteiger partial charge in [0.25, 0.3) is 0 Å². The molecule has 0 unspecified atom stereocenters. The predicted octanol–water partition coefficient (Wildman–Crippen LogP) is 3.31. The third-order valence-electron chi connectivity index (χ3n) is 4.78. The molecule has 0 aliphatic heterocycles. The molecule has 0 aliphatic rings. The Morgan fingerprint density at radius 3 is 2.24 bits per heavy atom. The average molecular weight is 398 g/mol. The highest BCUT2D eigenvalue weighted by molar-refractivity contribution is 5.95. The zero-order valence-electron chi connectivity index (χ0n) is 17.9. The Bertz CT molecular complexity index is 803. The summed E-state index contributed by atoms with van der Waals surface area (Å²) in [4.78, 5) is 28.4. The van der Waals surface area contributed by atoms with Crippen molar-refractivity contribution in [1.29, 1.82) is 0 Å². The Hall–Kier alpha value is -2.86. The minimum absolute atomic E-state index is 0.00788. The lowest BCUT2D eigenvalue weighted by Gasteiger charge is -2.28. The van der Waals surface area contributed by atoms with Crippen LogP contribution in [0.4, 0.5) is 5.69 Å². The summed E-state index contributed by atoms with van der Waals surface area (Å²) in [6.07, 6.45) is 0. The number of carbonyl (C=O) groups excluding carboxylic acids is 2. The van der Waals surface area contributed by atoms with E-state index in [-0.39, 0.29) is 24.4 Å². The van der Waals surface area contributed by atoms with Gasteiger partial charge in [-0.25, -0.2) is 0 Å². The van der Waals surface area contributed by atoms with Gasteiger partial charge in [0.15, 0.2) is 0 Å². The van der Waals surface area contributed by atoms with Gasteiger partial charge in [-0.05, 0) is 57.6 Å². The fraction of sp³-hybridized carbons (Fsp3) is 0.391. The first-order valence-electron chi connectivity index (χ1n) is 9.83. The monoisotopic (exact) mass is 397 g/mol. The first-order chi connectivity index (χ1) is 13.8. The van der Waals surface area contributed by atoms with Crippen molar-refractivity contribution in [1.82, 2.24) is 9.80 Å². The Morgan fingerprint density at radius 2 is 1.66 bits per heavy atom. The number of benzene rings is 2. The number of nitrogens with one attached hydrogen (secondary N) is 1. The van der Waals surface area contributed by atoms with Gasteiger partial charge in [-0.2, -0.15) is 0 Å². The van der Waals surface area contributed by atoms with Crippen LogP contribution in [0.5, 0.6) is 5.75 Å². The summed E-state index contributed by atoms with van der Waals surface area (Å²) in [5.74, 6) is 0.519. The van der Waals surface area contributed by atoms with E-state index in [9.17, 15) is 9.59 Å². The maximum atomic E-state index is 12.7. The lowest BCUT2D eigenvalue weighted by atomic mass is 10.1. The van der Waals surface area contributed by atoms with Crippen LogP contribution in [0.2, 0.25) is 0 Å². The first-order valence-corrected chi connectivity index (χ1v) is 9.83. The fourth-order valence-corrected chi connectivity index (χ4v) is 2.92. The van der Waals surface area contributed by atoms with E-state index >= 15 is 0 Å². The van der Waals surface area contributed by atoms with Gasteiger partial charge in [0.05, 0.1) is 19.2 Å². The van der Waals surface area contributed by atoms with Crippen molar-refractivity contribution in [3.8, 4) is 5.75 Å². The minimum atomic E-state index is -0.348.